The van der Waals surface area contributed by atoms with Gasteiger partial charge in [0.05, 0.1) is 25.5 Å². The Morgan fingerprint density at radius 1 is 1.25 bits per heavy atom. The van der Waals surface area contributed by atoms with Gasteiger partial charge in [0.1, 0.15) is 5.82 Å². The second kappa shape index (κ2) is 5.11. The topological polar surface area (TPSA) is 64.6 Å². The summed E-state index contributed by atoms with van der Waals surface area (Å²) in [4.78, 5) is 22.2. The fourth-order valence-electron chi connectivity index (χ4n) is 1.07. The van der Waals surface area contributed by atoms with Crippen LogP contribution < -0.4 is 5.32 Å². The second-order valence-electron chi connectivity index (χ2n) is 2.80. The van der Waals surface area contributed by atoms with Crippen molar-refractivity contribution in [1.82, 2.24) is 0 Å². The van der Waals surface area contributed by atoms with E-state index in [1.807, 2.05) is 0 Å². The summed E-state index contributed by atoms with van der Waals surface area (Å²) < 4.78 is 21.7. The molecule has 1 amide bonds. The Morgan fingerprint density at radius 2 is 1.94 bits per heavy atom. The molecule has 0 bridgehead atoms. The van der Waals surface area contributed by atoms with Crippen molar-refractivity contribution >= 4 is 17.7 Å². The number of esters is 1. The highest BCUT2D eigenvalue weighted by molar-refractivity contribution is 5.99. The van der Waals surface area contributed by atoms with E-state index in [4.69, 9.17) is 0 Å². The highest BCUT2D eigenvalue weighted by Crippen LogP contribution is 2.18. The highest BCUT2D eigenvalue weighted by atomic mass is 19.1. The molecule has 0 saturated heterocycles. The third-order valence-electron chi connectivity index (χ3n) is 1.81. The maximum Gasteiger partial charge on any atom is 0.411 e. The number of carbonyl (C=O) groups is 2. The van der Waals surface area contributed by atoms with Crippen molar-refractivity contribution in [2.24, 2.45) is 0 Å². The van der Waals surface area contributed by atoms with E-state index in [2.05, 4.69) is 14.8 Å². The molecule has 0 atom stereocenters. The molecule has 16 heavy (non-hydrogen) atoms. The summed E-state index contributed by atoms with van der Waals surface area (Å²) in [6.07, 6.45) is -0.753. The Kier molecular flexibility index (Phi) is 3.82. The summed E-state index contributed by atoms with van der Waals surface area (Å²) in [7, 11) is 2.34. The molecule has 0 radical (unpaired) electrons. The number of halogens is 1. The van der Waals surface area contributed by atoms with Crippen LogP contribution in [0.25, 0.3) is 0 Å². The number of rotatable bonds is 2. The molecule has 0 unspecified atom stereocenters. The summed E-state index contributed by atoms with van der Waals surface area (Å²) >= 11 is 0. The van der Waals surface area contributed by atoms with Crippen molar-refractivity contribution in [3.8, 4) is 0 Å². The van der Waals surface area contributed by atoms with Gasteiger partial charge < -0.3 is 9.47 Å². The van der Waals surface area contributed by atoms with Crippen LogP contribution in [0.5, 0.6) is 0 Å². The largest absolute Gasteiger partial charge is 0.465 e. The van der Waals surface area contributed by atoms with Gasteiger partial charge in [-0.15, -0.1) is 0 Å². The van der Waals surface area contributed by atoms with Crippen molar-refractivity contribution in [2.45, 2.75) is 0 Å². The standard InChI is InChI=1S/C10H10FNO4/c1-15-9(13)7-5-6(11)3-4-8(7)12-10(14)16-2/h3-5H,1-2H3,(H,12,14). The van der Waals surface area contributed by atoms with Gasteiger partial charge in [-0.25, -0.2) is 14.0 Å². The molecular formula is C10H10FNO4. The van der Waals surface area contributed by atoms with Crippen LogP contribution in [0.4, 0.5) is 14.9 Å². The molecule has 0 spiro atoms. The van der Waals surface area contributed by atoms with Crippen LogP contribution in [0.1, 0.15) is 10.4 Å². The molecular weight excluding hydrogens is 217 g/mol. The molecule has 0 aliphatic carbocycles. The van der Waals surface area contributed by atoms with E-state index in [9.17, 15) is 14.0 Å². The van der Waals surface area contributed by atoms with Crippen LogP contribution in [0.3, 0.4) is 0 Å². The molecule has 0 fully saturated rings. The average Bonchev–Trinajstić information content (AvgIpc) is 2.30. The monoisotopic (exact) mass is 227 g/mol. The van der Waals surface area contributed by atoms with Crippen molar-refractivity contribution in [3.05, 3.63) is 29.6 Å². The van der Waals surface area contributed by atoms with Crippen molar-refractivity contribution in [2.75, 3.05) is 19.5 Å². The van der Waals surface area contributed by atoms with E-state index >= 15 is 0 Å². The van der Waals surface area contributed by atoms with Gasteiger partial charge in [0, 0.05) is 0 Å². The van der Waals surface area contributed by atoms with E-state index in [0.717, 1.165) is 19.2 Å². The van der Waals surface area contributed by atoms with Gasteiger partial charge in [-0.3, -0.25) is 5.32 Å². The van der Waals surface area contributed by atoms with Crippen LogP contribution in [-0.4, -0.2) is 26.3 Å². The fourth-order valence-corrected chi connectivity index (χ4v) is 1.07. The zero-order chi connectivity index (χ0) is 12.1. The van der Waals surface area contributed by atoms with Crippen LogP contribution in [-0.2, 0) is 9.47 Å². The Hall–Kier alpha value is -2.11. The first-order chi connectivity index (χ1) is 7.58. The average molecular weight is 227 g/mol. The van der Waals surface area contributed by atoms with E-state index in [0.29, 0.717) is 0 Å². The number of methoxy groups -OCH3 is 2. The van der Waals surface area contributed by atoms with Gasteiger partial charge in [-0.05, 0) is 18.2 Å². The van der Waals surface area contributed by atoms with Gasteiger partial charge in [0.25, 0.3) is 0 Å². The normalized spacial score (nSPS) is 9.44. The number of anilines is 1. The molecule has 6 heteroatoms. The minimum absolute atomic E-state index is 0.0760. The molecule has 0 aliphatic rings. The molecule has 0 aliphatic heterocycles. The van der Waals surface area contributed by atoms with Gasteiger partial charge in [0.15, 0.2) is 0 Å². The first kappa shape index (κ1) is 12.0. The van der Waals surface area contributed by atoms with Gasteiger partial charge >= 0.3 is 12.1 Å². The lowest BCUT2D eigenvalue weighted by atomic mass is 10.1. The number of amides is 1. The highest BCUT2D eigenvalue weighted by Gasteiger charge is 2.14. The number of carbonyl (C=O) groups excluding carboxylic acids is 2. The van der Waals surface area contributed by atoms with Crippen molar-refractivity contribution in [3.63, 3.8) is 0 Å². The van der Waals surface area contributed by atoms with Crippen LogP contribution in [0.15, 0.2) is 18.2 Å². The molecule has 1 N–H and O–H groups in total. The molecule has 1 aromatic rings. The van der Waals surface area contributed by atoms with Crippen LogP contribution in [0.2, 0.25) is 0 Å². The number of benzene rings is 1. The van der Waals surface area contributed by atoms with Crippen molar-refractivity contribution < 1.29 is 23.5 Å². The summed E-state index contributed by atoms with van der Waals surface area (Å²) in [5.74, 6) is -1.35. The molecule has 86 valence electrons. The van der Waals surface area contributed by atoms with Crippen LogP contribution >= 0.6 is 0 Å². The predicted octanol–water partition coefficient (Wildman–Crippen LogP) is 1.79. The molecule has 1 rings (SSSR count). The summed E-state index contributed by atoms with van der Waals surface area (Å²) in [6, 6.07) is 3.33. The maximum absolute atomic E-state index is 12.9. The summed E-state index contributed by atoms with van der Waals surface area (Å²) in [5, 5.41) is 2.27. The summed E-state index contributed by atoms with van der Waals surface area (Å²) in [6.45, 7) is 0. The van der Waals surface area contributed by atoms with E-state index < -0.39 is 17.9 Å². The fraction of sp³-hybridized carbons (Fsp3) is 0.200. The SMILES string of the molecule is COC(=O)Nc1ccc(F)cc1C(=O)OC. The quantitative estimate of drug-likeness (QED) is 0.782. The lowest BCUT2D eigenvalue weighted by molar-refractivity contribution is 0.0601. The maximum atomic E-state index is 12.9. The molecule has 0 heterocycles. The zero-order valence-electron chi connectivity index (χ0n) is 8.74. The minimum atomic E-state index is -0.753. The Morgan fingerprint density at radius 3 is 2.50 bits per heavy atom. The number of hydrogen-bond acceptors (Lipinski definition) is 4. The molecule has 5 nitrogen and oxygen atoms in total. The first-order valence-corrected chi connectivity index (χ1v) is 4.31. The lowest BCUT2D eigenvalue weighted by Crippen LogP contribution is -2.15. The third kappa shape index (κ3) is 2.69. The third-order valence-corrected chi connectivity index (χ3v) is 1.81. The lowest BCUT2D eigenvalue weighted by Gasteiger charge is -2.08. The predicted molar refractivity (Wildman–Crippen MR) is 53.8 cm³/mol. The Labute approximate surface area is 91.2 Å². The van der Waals surface area contributed by atoms with Gasteiger partial charge in [-0.1, -0.05) is 0 Å². The molecule has 0 aromatic heterocycles. The minimum Gasteiger partial charge on any atom is -0.465 e. The number of hydrogen-bond donors (Lipinski definition) is 1. The Balaban J connectivity index is 3.07. The van der Waals surface area contributed by atoms with Crippen molar-refractivity contribution in [1.29, 1.82) is 0 Å². The van der Waals surface area contributed by atoms with E-state index in [1.54, 1.807) is 0 Å². The number of ether oxygens (including phenoxy) is 2. The number of nitrogens with one attached hydrogen (secondary N) is 1. The molecule has 0 saturated carbocycles. The smallest absolute Gasteiger partial charge is 0.411 e. The summed E-state index contributed by atoms with van der Waals surface area (Å²) in [5.41, 5.74) is 0.0491. The van der Waals surface area contributed by atoms with Gasteiger partial charge in [-0.2, -0.15) is 0 Å². The second-order valence-corrected chi connectivity index (χ2v) is 2.80. The Bertz CT molecular complexity index is 419. The first-order valence-electron chi connectivity index (χ1n) is 4.31. The molecule has 1 aromatic carbocycles. The van der Waals surface area contributed by atoms with E-state index in [1.165, 1.54) is 13.2 Å². The van der Waals surface area contributed by atoms with E-state index in [-0.39, 0.29) is 11.3 Å². The van der Waals surface area contributed by atoms with Crippen LogP contribution in [0, 0.1) is 5.82 Å². The zero-order valence-corrected chi connectivity index (χ0v) is 8.74. The van der Waals surface area contributed by atoms with Gasteiger partial charge in [0.2, 0.25) is 0 Å².